The second-order valence-electron chi connectivity index (χ2n) is 1.90. The molecule has 5 heteroatoms. The summed E-state index contributed by atoms with van der Waals surface area (Å²) in [4.78, 5) is 0. The van der Waals surface area contributed by atoms with Gasteiger partial charge in [-0.25, -0.2) is 0 Å². The summed E-state index contributed by atoms with van der Waals surface area (Å²) in [7, 11) is 0. The zero-order valence-corrected chi connectivity index (χ0v) is 8.37. The number of aromatic nitrogens is 2. The fourth-order valence-electron chi connectivity index (χ4n) is 0.638. The third-order valence-electron chi connectivity index (χ3n) is 1.11. The molecule has 0 aliphatic rings. The van der Waals surface area contributed by atoms with Crippen LogP contribution in [0.3, 0.4) is 0 Å². The van der Waals surface area contributed by atoms with Crippen molar-refractivity contribution in [1.29, 1.82) is 0 Å². The Kier molecular flexibility index (Phi) is 3.78. The SMILES string of the molecule is CCOCCc1nnc(I)o1. The molecule has 0 aliphatic heterocycles. The van der Waals surface area contributed by atoms with Crippen molar-refractivity contribution in [1.82, 2.24) is 10.2 Å². The molecular formula is C6H9IN2O2. The second-order valence-corrected chi connectivity index (χ2v) is 2.82. The van der Waals surface area contributed by atoms with Crippen LogP contribution in [0, 0.1) is 3.90 Å². The first kappa shape index (κ1) is 8.92. The van der Waals surface area contributed by atoms with Crippen molar-refractivity contribution in [3.05, 3.63) is 9.79 Å². The molecule has 11 heavy (non-hydrogen) atoms. The summed E-state index contributed by atoms with van der Waals surface area (Å²) in [6.07, 6.45) is 0.698. The predicted molar refractivity (Wildman–Crippen MR) is 47.2 cm³/mol. The Morgan fingerprint density at radius 3 is 2.91 bits per heavy atom. The maximum absolute atomic E-state index is 5.12. The third kappa shape index (κ3) is 3.15. The molecule has 0 saturated carbocycles. The molecule has 0 spiro atoms. The van der Waals surface area contributed by atoms with Crippen molar-refractivity contribution in [3.63, 3.8) is 0 Å². The lowest BCUT2D eigenvalue weighted by Crippen LogP contribution is -1.97. The van der Waals surface area contributed by atoms with Gasteiger partial charge in [-0.1, -0.05) is 0 Å². The van der Waals surface area contributed by atoms with Crippen molar-refractivity contribution in [2.24, 2.45) is 0 Å². The molecule has 0 atom stereocenters. The summed E-state index contributed by atoms with van der Waals surface area (Å²) in [6, 6.07) is 0. The first-order chi connectivity index (χ1) is 5.33. The van der Waals surface area contributed by atoms with E-state index in [1.54, 1.807) is 0 Å². The van der Waals surface area contributed by atoms with Crippen LogP contribution < -0.4 is 0 Å². The lowest BCUT2D eigenvalue weighted by Gasteiger charge is -1.94. The quantitative estimate of drug-likeness (QED) is 0.609. The van der Waals surface area contributed by atoms with E-state index < -0.39 is 0 Å². The molecule has 0 aliphatic carbocycles. The van der Waals surface area contributed by atoms with E-state index in [1.165, 1.54) is 0 Å². The second kappa shape index (κ2) is 4.66. The van der Waals surface area contributed by atoms with Gasteiger partial charge >= 0.3 is 0 Å². The lowest BCUT2D eigenvalue weighted by molar-refractivity contribution is 0.145. The summed E-state index contributed by atoms with van der Waals surface area (Å²) >= 11 is 1.98. The van der Waals surface area contributed by atoms with Gasteiger partial charge in [-0.3, -0.25) is 0 Å². The standard InChI is InChI=1S/C6H9IN2O2/c1-2-10-4-3-5-8-9-6(7)11-5/h2-4H2,1H3. The van der Waals surface area contributed by atoms with E-state index in [2.05, 4.69) is 10.2 Å². The van der Waals surface area contributed by atoms with Crippen molar-refractivity contribution >= 4 is 22.6 Å². The molecule has 1 aromatic rings. The van der Waals surface area contributed by atoms with Gasteiger partial charge in [-0.05, 0) is 6.92 Å². The zero-order valence-electron chi connectivity index (χ0n) is 6.21. The monoisotopic (exact) mass is 268 g/mol. The van der Waals surface area contributed by atoms with Crippen molar-refractivity contribution < 1.29 is 9.15 Å². The van der Waals surface area contributed by atoms with Crippen LogP contribution in [0.25, 0.3) is 0 Å². The van der Waals surface area contributed by atoms with Crippen LogP contribution in [-0.4, -0.2) is 23.4 Å². The molecular weight excluding hydrogens is 259 g/mol. The van der Waals surface area contributed by atoms with Crippen LogP contribution in [0.15, 0.2) is 4.42 Å². The van der Waals surface area contributed by atoms with Gasteiger partial charge in [-0.2, -0.15) is 0 Å². The predicted octanol–water partition coefficient (Wildman–Crippen LogP) is 1.25. The van der Waals surface area contributed by atoms with Crippen LogP contribution >= 0.6 is 22.6 Å². The summed E-state index contributed by atoms with van der Waals surface area (Å²) in [5.41, 5.74) is 0. The summed E-state index contributed by atoms with van der Waals surface area (Å²) in [5.74, 6) is 0.642. The number of ether oxygens (including phenoxy) is 1. The fourth-order valence-corrected chi connectivity index (χ4v) is 1.00. The van der Waals surface area contributed by atoms with Gasteiger partial charge in [0, 0.05) is 35.6 Å². The molecule has 1 rings (SSSR count). The molecule has 1 heterocycles. The van der Waals surface area contributed by atoms with Gasteiger partial charge in [0.25, 0.3) is 3.90 Å². The van der Waals surface area contributed by atoms with Crippen molar-refractivity contribution in [3.8, 4) is 0 Å². The Balaban J connectivity index is 2.27. The van der Waals surface area contributed by atoms with E-state index in [0.29, 0.717) is 22.8 Å². The average molecular weight is 268 g/mol. The molecule has 0 aromatic carbocycles. The molecule has 4 nitrogen and oxygen atoms in total. The maximum atomic E-state index is 5.12. The Morgan fingerprint density at radius 2 is 2.36 bits per heavy atom. The Labute approximate surface area is 78.5 Å². The van der Waals surface area contributed by atoms with Crippen LogP contribution in [0.2, 0.25) is 0 Å². The number of nitrogens with zero attached hydrogens (tertiary/aromatic N) is 2. The van der Waals surface area contributed by atoms with Gasteiger partial charge in [0.05, 0.1) is 6.61 Å². The molecule has 0 radical (unpaired) electrons. The lowest BCUT2D eigenvalue weighted by atomic mass is 10.5. The number of halogens is 1. The molecule has 62 valence electrons. The summed E-state index contributed by atoms with van der Waals surface area (Å²) in [5, 5.41) is 7.49. The highest BCUT2D eigenvalue weighted by molar-refractivity contribution is 14.1. The summed E-state index contributed by atoms with van der Waals surface area (Å²) in [6.45, 7) is 3.33. The normalized spacial score (nSPS) is 10.4. The molecule has 0 N–H and O–H groups in total. The molecule has 0 saturated heterocycles. The minimum Gasteiger partial charge on any atom is -0.416 e. The molecule has 1 aromatic heterocycles. The first-order valence-electron chi connectivity index (χ1n) is 3.38. The highest BCUT2D eigenvalue weighted by Crippen LogP contribution is 2.02. The number of hydrogen-bond donors (Lipinski definition) is 0. The van der Waals surface area contributed by atoms with Crippen LogP contribution in [0.4, 0.5) is 0 Å². The molecule has 0 bridgehead atoms. The Morgan fingerprint density at radius 1 is 1.55 bits per heavy atom. The highest BCUT2D eigenvalue weighted by Gasteiger charge is 2.01. The highest BCUT2D eigenvalue weighted by atomic mass is 127. The van der Waals surface area contributed by atoms with Crippen molar-refractivity contribution in [2.45, 2.75) is 13.3 Å². The van der Waals surface area contributed by atoms with Gasteiger partial charge in [-0.15, -0.1) is 10.2 Å². The number of rotatable bonds is 4. The van der Waals surface area contributed by atoms with E-state index in [1.807, 2.05) is 29.5 Å². The van der Waals surface area contributed by atoms with E-state index in [9.17, 15) is 0 Å². The third-order valence-corrected chi connectivity index (χ3v) is 1.54. The minimum absolute atomic E-state index is 0.578. The van der Waals surface area contributed by atoms with Crippen LogP contribution in [0.1, 0.15) is 12.8 Å². The average Bonchev–Trinajstić information content (AvgIpc) is 2.37. The van der Waals surface area contributed by atoms with Gasteiger partial charge in [0.1, 0.15) is 0 Å². The smallest absolute Gasteiger partial charge is 0.278 e. The molecule has 0 unspecified atom stereocenters. The topological polar surface area (TPSA) is 48.2 Å². The molecule has 0 fully saturated rings. The van der Waals surface area contributed by atoms with Crippen molar-refractivity contribution in [2.75, 3.05) is 13.2 Å². The van der Waals surface area contributed by atoms with Crippen LogP contribution in [0.5, 0.6) is 0 Å². The largest absolute Gasteiger partial charge is 0.416 e. The summed E-state index contributed by atoms with van der Waals surface area (Å²) < 4.78 is 10.8. The Bertz CT molecular complexity index is 214. The van der Waals surface area contributed by atoms with Gasteiger partial charge in [0.2, 0.25) is 5.89 Å². The van der Waals surface area contributed by atoms with E-state index in [0.717, 1.165) is 6.61 Å². The molecule has 0 amide bonds. The maximum Gasteiger partial charge on any atom is 0.278 e. The van der Waals surface area contributed by atoms with E-state index in [-0.39, 0.29) is 0 Å². The fraction of sp³-hybridized carbons (Fsp3) is 0.667. The van der Waals surface area contributed by atoms with E-state index in [4.69, 9.17) is 9.15 Å². The van der Waals surface area contributed by atoms with E-state index >= 15 is 0 Å². The minimum atomic E-state index is 0.578. The van der Waals surface area contributed by atoms with Gasteiger partial charge < -0.3 is 9.15 Å². The first-order valence-corrected chi connectivity index (χ1v) is 4.46. The van der Waals surface area contributed by atoms with Gasteiger partial charge in [0.15, 0.2) is 0 Å². The number of hydrogen-bond acceptors (Lipinski definition) is 4. The Hall–Kier alpha value is -0.170. The zero-order chi connectivity index (χ0) is 8.10. The van der Waals surface area contributed by atoms with Crippen LogP contribution in [-0.2, 0) is 11.2 Å².